The van der Waals surface area contributed by atoms with Gasteiger partial charge in [0.2, 0.25) is 5.90 Å². The number of methoxy groups -OCH3 is 2. The second-order valence-corrected chi connectivity index (χ2v) is 3.23. The summed E-state index contributed by atoms with van der Waals surface area (Å²) in [5.74, 6) is -0.319. The van der Waals surface area contributed by atoms with Gasteiger partial charge in [-0.05, 0) is 18.2 Å². The van der Waals surface area contributed by atoms with Crippen molar-refractivity contribution in [2.24, 2.45) is 4.99 Å². The predicted octanol–water partition coefficient (Wildman–Crippen LogP) is 1.42. The number of nitrogens with zero attached hydrogens (tertiary/aromatic N) is 1. The maximum absolute atomic E-state index is 12.9. The highest BCUT2D eigenvalue weighted by Crippen LogP contribution is 2.13. The Morgan fingerprint density at radius 1 is 1.47 bits per heavy atom. The van der Waals surface area contributed by atoms with Crippen molar-refractivity contribution < 1.29 is 13.9 Å². The molecule has 0 atom stereocenters. The fourth-order valence-electron chi connectivity index (χ4n) is 1.14. The van der Waals surface area contributed by atoms with Crippen LogP contribution in [-0.4, -0.2) is 32.6 Å². The summed E-state index contributed by atoms with van der Waals surface area (Å²) in [6.07, 6.45) is 0. The van der Waals surface area contributed by atoms with Gasteiger partial charge in [-0.1, -0.05) is 0 Å². The number of benzene rings is 1. The molecule has 6 heteroatoms. The number of hydrogen-bond donors (Lipinski definition) is 2. The van der Waals surface area contributed by atoms with Crippen LogP contribution in [0.5, 0.6) is 0 Å². The van der Waals surface area contributed by atoms with Crippen LogP contribution in [0.3, 0.4) is 0 Å². The van der Waals surface area contributed by atoms with E-state index in [0.29, 0.717) is 5.56 Å². The fourth-order valence-corrected chi connectivity index (χ4v) is 1.14. The fraction of sp³-hybridized carbons (Fsp3) is 0.273. The number of aliphatic imine (C=N–C) groups is 1. The summed E-state index contributed by atoms with van der Waals surface area (Å²) in [7, 11) is 2.93. The molecule has 0 radical (unpaired) electrons. The van der Waals surface area contributed by atoms with E-state index < -0.39 is 5.82 Å². The maximum Gasteiger partial charge on any atom is 0.216 e. The van der Waals surface area contributed by atoms with Crippen molar-refractivity contribution in [1.82, 2.24) is 0 Å². The number of nitrogens with two attached hydrogens (primary N) is 1. The van der Waals surface area contributed by atoms with Gasteiger partial charge in [0.05, 0.1) is 12.8 Å². The molecule has 0 fully saturated rings. The lowest BCUT2D eigenvalue weighted by Gasteiger charge is -2.05. The highest BCUT2D eigenvalue weighted by atomic mass is 19.1. The summed E-state index contributed by atoms with van der Waals surface area (Å²) >= 11 is 0. The Kier molecular flexibility index (Phi) is 4.59. The zero-order chi connectivity index (χ0) is 12.8. The summed E-state index contributed by atoms with van der Waals surface area (Å²) in [4.78, 5) is 3.90. The normalized spacial score (nSPS) is 11.4. The third-order valence-corrected chi connectivity index (χ3v) is 2.01. The van der Waals surface area contributed by atoms with E-state index in [2.05, 4.69) is 4.99 Å². The number of halogens is 1. The van der Waals surface area contributed by atoms with E-state index in [1.165, 1.54) is 32.4 Å². The molecule has 1 aromatic carbocycles. The Hall–Kier alpha value is -1.95. The van der Waals surface area contributed by atoms with E-state index in [4.69, 9.17) is 20.6 Å². The Morgan fingerprint density at radius 2 is 2.18 bits per heavy atom. The molecule has 0 saturated carbocycles. The van der Waals surface area contributed by atoms with Gasteiger partial charge in [0, 0.05) is 12.7 Å². The van der Waals surface area contributed by atoms with Gasteiger partial charge in [0.15, 0.2) is 5.84 Å². The first-order valence-corrected chi connectivity index (χ1v) is 4.83. The summed E-state index contributed by atoms with van der Waals surface area (Å²) in [5, 5.41) is 7.71. The molecule has 0 unspecified atom stereocenters. The third kappa shape index (κ3) is 3.53. The lowest BCUT2D eigenvalue weighted by molar-refractivity contribution is 0.219. The monoisotopic (exact) mass is 239 g/mol. The number of hydrogen-bond acceptors (Lipinski definition) is 4. The van der Waals surface area contributed by atoms with E-state index >= 15 is 0 Å². The largest absolute Gasteiger partial charge is 0.482 e. The second kappa shape index (κ2) is 5.95. The van der Waals surface area contributed by atoms with Gasteiger partial charge in [-0.2, -0.15) is 4.99 Å². The number of anilines is 1. The molecule has 0 heterocycles. The molecular weight excluding hydrogens is 225 g/mol. The van der Waals surface area contributed by atoms with Crippen molar-refractivity contribution in [3.8, 4) is 0 Å². The van der Waals surface area contributed by atoms with Crippen LogP contribution in [0.25, 0.3) is 0 Å². The number of nitrogen functional groups attached to an aromatic ring is 1. The van der Waals surface area contributed by atoms with Crippen LogP contribution in [0.15, 0.2) is 23.2 Å². The zero-order valence-electron chi connectivity index (χ0n) is 9.66. The molecule has 0 spiro atoms. The summed E-state index contributed by atoms with van der Waals surface area (Å²) < 4.78 is 22.7. The standard InChI is InChI=1S/C11H14FN3O2/c1-16-6-10(17-2)15-11(14)7-3-4-8(12)9(13)5-7/h3-5,14H,6,13H2,1-2H3. The van der Waals surface area contributed by atoms with Crippen molar-refractivity contribution in [3.63, 3.8) is 0 Å². The third-order valence-electron chi connectivity index (χ3n) is 2.01. The van der Waals surface area contributed by atoms with Gasteiger partial charge in [0.25, 0.3) is 0 Å². The molecule has 1 aromatic rings. The van der Waals surface area contributed by atoms with Crippen LogP contribution in [-0.2, 0) is 9.47 Å². The average Bonchev–Trinajstić information content (AvgIpc) is 2.31. The van der Waals surface area contributed by atoms with Crippen LogP contribution in [0.2, 0.25) is 0 Å². The van der Waals surface area contributed by atoms with E-state index in [9.17, 15) is 4.39 Å². The predicted molar refractivity (Wildman–Crippen MR) is 64.0 cm³/mol. The van der Waals surface area contributed by atoms with Crippen LogP contribution < -0.4 is 5.73 Å². The van der Waals surface area contributed by atoms with Crippen LogP contribution in [0.1, 0.15) is 5.56 Å². The van der Waals surface area contributed by atoms with E-state index in [-0.39, 0.29) is 24.0 Å². The topological polar surface area (TPSA) is 80.7 Å². The highest BCUT2D eigenvalue weighted by Gasteiger charge is 2.06. The molecule has 5 nitrogen and oxygen atoms in total. The Morgan fingerprint density at radius 3 is 2.71 bits per heavy atom. The van der Waals surface area contributed by atoms with Crippen molar-refractivity contribution in [1.29, 1.82) is 5.41 Å². The Labute approximate surface area is 98.6 Å². The number of rotatable bonds is 3. The van der Waals surface area contributed by atoms with Crippen LogP contribution in [0, 0.1) is 11.2 Å². The van der Waals surface area contributed by atoms with Gasteiger partial charge >= 0.3 is 0 Å². The summed E-state index contributed by atoms with van der Waals surface area (Å²) in [6, 6.07) is 3.97. The minimum Gasteiger partial charge on any atom is -0.482 e. The summed E-state index contributed by atoms with van der Waals surface area (Å²) in [5.41, 5.74) is 5.80. The average molecular weight is 239 g/mol. The molecular formula is C11H14FN3O2. The number of nitrogens with one attached hydrogen (secondary N) is 1. The van der Waals surface area contributed by atoms with Crippen molar-refractivity contribution in [2.75, 3.05) is 26.6 Å². The zero-order valence-corrected chi connectivity index (χ0v) is 9.66. The quantitative estimate of drug-likeness (QED) is 0.475. The molecule has 0 aliphatic heterocycles. The lowest BCUT2D eigenvalue weighted by atomic mass is 10.2. The first-order chi connectivity index (χ1) is 8.08. The van der Waals surface area contributed by atoms with Crippen LogP contribution in [0.4, 0.5) is 10.1 Å². The van der Waals surface area contributed by atoms with E-state index in [1.807, 2.05) is 0 Å². The molecule has 0 aromatic heterocycles. The highest BCUT2D eigenvalue weighted by molar-refractivity contribution is 6.04. The van der Waals surface area contributed by atoms with Crippen LogP contribution >= 0.6 is 0 Å². The Bertz CT molecular complexity index is 446. The van der Waals surface area contributed by atoms with E-state index in [0.717, 1.165) is 0 Å². The van der Waals surface area contributed by atoms with Gasteiger partial charge in [0.1, 0.15) is 12.4 Å². The van der Waals surface area contributed by atoms with Gasteiger partial charge in [-0.3, -0.25) is 5.41 Å². The minimum absolute atomic E-state index is 0.0202. The molecule has 0 saturated heterocycles. The van der Waals surface area contributed by atoms with Gasteiger partial charge < -0.3 is 15.2 Å². The number of amidine groups is 1. The summed E-state index contributed by atoms with van der Waals surface area (Å²) in [6.45, 7) is 0.162. The minimum atomic E-state index is -0.519. The molecule has 17 heavy (non-hydrogen) atoms. The molecule has 0 amide bonds. The van der Waals surface area contributed by atoms with E-state index in [1.54, 1.807) is 0 Å². The number of ether oxygens (including phenoxy) is 2. The second-order valence-electron chi connectivity index (χ2n) is 3.23. The maximum atomic E-state index is 12.9. The molecule has 0 bridgehead atoms. The molecule has 3 N–H and O–H groups in total. The molecule has 0 aliphatic rings. The first-order valence-electron chi connectivity index (χ1n) is 4.83. The Balaban J connectivity index is 2.92. The van der Waals surface area contributed by atoms with Crippen molar-refractivity contribution in [2.45, 2.75) is 0 Å². The van der Waals surface area contributed by atoms with Gasteiger partial charge in [-0.25, -0.2) is 4.39 Å². The van der Waals surface area contributed by atoms with Crippen molar-refractivity contribution in [3.05, 3.63) is 29.6 Å². The first kappa shape index (κ1) is 13.1. The lowest BCUT2D eigenvalue weighted by Crippen LogP contribution is -2.12. The SMILES string of the molecule is COCC(=NC(=N)c1ccc(F)c(N)c1)OC. The van der Waals surface area contributed by atoms with Gasteiger partial charge in [-0.15, -0.1) is 0 Å². The molecule has 92 valence electrons. The smallest absolute Gasteiger partial charge is 0.216 e. The molecule has 0 aliphatic carbocycles. The van der Waals surface area contributed by atoms with Crippen molar-refractivity contribution >= 4 is 17.4 Å². The molecule has 1 rings (SSSR count).